The Kier molecular flexibility index (Phi) is 5.52. The lowest BCUT2D eigenvalue weighted by molar-refractivity contribution is 0.628. The summed E-state index contributed by atoms with van der Waals surface area (Å²) in [5.74, 6) is 0.827. The fraction of sp³-hybridized carbons (Fsp3) is 0.400. The predicted molar refractivity (Wildman–Crippen MR) is 86.2 cm³/mol. The molecule has 1 heterocycles. The molecule has 0 unspecified atom stereocenters. The van der Waals surface area contributed by atoms with Crippen molar-refractivity contribution in [2.24, 2.45) is 5.73 Å². The van der Waals surface area contributed by atoms with Gasteiger partial charge in [-0.1, -0.05) is 30.7 Å². The van der Waals surface area contributed by atoms with Crippen molar-refractivity contribution in [3.8, 4) is 0 Å². The summed E-state index contributed by atoms with van der Waals surface area (Å²) in [6.45, 7) is 5.59. The zero-order valence-corrected chi connectivity index (χ0v) is 13.5. The van der Waals surface area contributed by atoms with Gasteiger partial charge in [-0.2, -0.15) is 5.10 Å². The van der Waals surface area contributed by atoms with Crippen LogP contribution in [-0.2, 0) is 25.3 Å². The van der Waals surface area contributed by atoms with Crippen molar-refractivity contribution in [3.63, 3.8) is 0 Å². The summed E-state index contributed by atoms with van der Waals surface area (Å²) < 4.78 is 2.00. The average molecular weight is 310 g/mol. The lowest BCUT2D eigenvalue weighted by atomic mass is 10.2. The number of halogens is 1. The van der Waals surface area contributed by atoms with Gasteiger partial charge < -0.3 is 5.73 Å². The average Bonchev–Trinajstić information content (AvgIpc) is 2.81. The normalized spacial score (nSPS) is 11.0. The van der Waals surface area contributed by atoms with Gasteiger partial charge in [-0.05, 0) is 31.0 Å². The van der Waals surface area contributed by atoms with Crippen LogP contribution >= 0.6 is 23.4 Å². The van der Waals surface area contributed by atoms with Gasteiger partial charge in [-0.25, -0.2) is 0 Å². The molecular formula is C15H20ClN3S. The van der Waals surface area contributed by atoms with Gasteiger partial charge in [0.2, 0.25) is 0 Å². The third-order valence-corrected chi connectivity index (χ3v) is 4.65. The molecule has 3 nitrogen and oxygen atoms in total. The van der Waals surface area contributed by atoms with E-state index in [1.54, 1.807) is 11.8 Å². The van der Waals surface area contributed by atoms with Crippen molar-refractivity contribution in [1.82, 2.24) is 9.78 Å². The maximum atomic E-state index is 6.42. The van der Waals surface area contributed by atoms with Crippen LogP contribution in [-0.4, -0.2) is 9.78 Å². The first-order valence-electron chi connectivity index (χ1n) is 6.85. The Hall–Kier alpha value is -0.970. The van der Waals surface area contributed by atoms with Crippen LogP contribution in [0.4, 0.5) is 0 Å². The van der Waals surface area contributed by atoms with Crippen LogP contribution < -0.4 is 5.73 Å². The van der Waals surface area contributed by atoms with Gasteiger partial charge in [0, 0.05) is 23.7 Å². The number of hydrogen-bond donors (Lipinski definition) is 1. The maximum Gasteiger partial charge on any atom is 0.0858 e. The van der Waals surface area contributed by atoms with E-state index in [0.29, 0.717) is 6.54 Å². The molecule has 1 aromatic heterocycles. The quantitative estimate of drug-likeness (QED) is 0.824. The van der Waals surface area contributed by atoms with Crippen LogP contribution in [0.1, 0.15) is 30.8 Å². The van der Waals surface area contributed by atoms with E-state index in [1.807, 2.05) is 16.8 Å². The van der Waals surface area contributed by atoms with E-state index in [1.165, 1.54) is 4.90 Å². The summed E-state index contributed by atoms with van der Waals surface area (Å²) in [7, 11) is 0. The number of nitrogens with two attached hydrogens (primary N) is 1. The lowest BCUT2D eigenvalue weighted by Crippen LogP contribution is -2.02. The standard InChI is InChI=1S/C15H20ClN3S/c1-3-13-15(16)14(19(4-2)18-13)10-20-12-7-5-6-11(8-12)9-17/h5-8H,3-4,9-10,17H2,1-2H3. The highest BCUT2D eigenvalue weighted by Gasteiger charge is 2.14. The summed E-state index contributed by atoms with van der Waals surface area (Å²) >= 11 is 8.19. The minimum atomic E-state index is 0.571. The Labute approximate surface area is 129 Å². The van der Waals surface area contributed by atoms with Crippen LogP contribution in [0.3, 0.4) is 0 Å². The van der Waals surface area contributed by atoms with Crippen molar-refractivity contribution in [3.05, 3.63) is 46.2 Å². The largest absolute Gasteiger partial charge is 0.326 e. The van der Waals surface area contributed by atoms with Crippen LogP contribution in [0.5, 0.6) is 0 Å². The Bertz CT molecular complexity index is 580. The van der Waals surface area contributed by atoms with E-state index >= 15 is 0 Å². The second-order valence-corrected chi connectivity index (χ2v) is 5.94. The van der Waals surface area contributed by atoms with Crippen LogP contribution in [0.25, 0.3) is 0 Å². The van der Waals surface area contributed by atoms with Gasteiger partial charge in [-0.3, -0.25) is 4.68 Å². The van der Waals surface area contributed by atoms with Gasteiger partial charge in [0.25, 0.3) is 0 Å². The van der Waals surface area contributed by atoms with E-state index in [-0.39, 0.29) is 0 Å². The number of hydrogen-bond acceptors (Lipinski definition) is 3. The molecule has 0 amide bonds. The van der Waals surface area contributed by atoms with Gasteiger partial charge in [-0.15, -0.1) is 11.8 Å². The van der Waals surface area contributed by atoms with Gasteiger partial charge in [0.1, 0.15) is 0 Å². The number of aryl methyl sites for hydroxylation is 2. The van der Waals surface area contributed by atoms with Crippen molar-refractivity contribution >= 4 is 23.4 Å². The Morgan fingerprint density at radius 1 is 1.35 bits per heavy atom. The monoisotopic (exact) mass is 309 g/mol. The third-order valence-electron chi connectivity index (χ3n) is 3.20. The predicted octanol–water partition coefficient (Wildman–Crippen LogP) is 3.87. The molecule has 0 bridgehead atoms. The van der Waals surface area contributed by atoms with E-state index in [4.69, 9.17) is 17.3 Å². The molecule has 20 heavy (non-hydrogen) atoms. The minimum absolute atomic E-state index is 0.571. The second-order valence-electron chi connectivity index (χ2n) is 4.52. The highest BCUT2D eigenvalue weighted by molar-refractivity contribution is 7.98. The zero-order valence-electron chi connectivity index (χ0n) is 11.9. The second kappa shape index (κ2) is 7.16. The minimum Gasteiger partial charge on any atom is -0.326 e. The highest BCUT2D eigenvalue weighted by Crippen LogP contribution is 2.29. The third kappa shape index (κ3) is 3.37. The molecule has 0 spiro atoms. The molecule has 0 aliphatic carbocycles. The first-order chi connectivity index (χ1) is 9.69. The topological polar surface area (TPSA) is 43.8 Å². The van der Waals surface area contributed by atoms with Gasteiger partial charge in [0.05, 0.1) is 16.4 Å². The summed E-state index contributed by atoms with van der Waals surface area (Å²) in [5, 5.41) is 5.36. The number of benzene rings is 1. The summed E-state index contributed by atoms with van der Waals surface area (Å²) in [4.78, 5) is 1.21. The van der Waals surface area contributed by atoms with Crippen molar-refractivity contribution in [1.29, 1.82) is 0 Å². The van der Waals surface area contributed by atoms with Gasteiger partial charge in [0.15, 0.2) is 0 Å². The maximum absolute atomic E-state index is 6.42. The Balaban J connectivity index is 2.15. The highest BCUT2D eigenvalue weighted by atomic mass is 35.5. The molecule has 5 heteroatoms. The van der Waals surface area contributed by atoms with Gasteiger partial charge >= 0.3 is 0 Å². The van der Waals surface area contributed by atoms with Crippen LogP contribution in [0, 0.1) is 0 Å². The van der Waals surface area contributed by atoms with E-state index < -0.39 is 0 Å². The van der Waals surface area contributed by atoms with E-state index in [0.717, 1.165) is 40.7 Å². The zero-order chi connectivity index (χ0) is 14.5. The molecule has 2 rings (SSSR count). The van der Waals surface area contributed by atoms with Crippen LogP contribution in [0.2, 0.25) is 5.02 Å². The Morgan fingerprint density at radius 3 is 2.80 bits per heavy atom. The van der Waals surface area contributed by atoms with E-state index in [2.05, 4.69) is 31.1 Å². The Morgan fingerprint density at radius 2 is 2.15 bits per heavy atom. The summed E-state index contributed by atoms with van der Waals surface area (Å²) in [6.07, 6.45) is 0.867. The van der Waals surface area contributed by atoms with Crippen molar-refractivity contribution in [2.45, 2.75) is 44.0 Å². The number of nitrogens with zero attached hydrogens (tertiary/aromatic N) is 2. The number of rotatable bonds is 6. The fourth-order valence-corrected chi connectivity index (χ4v) is 3.49. The molecule has 0 atom stereocenters. The smallest absolute Gasteiger partial charge is 0.0858 e. The molecular weight excluding hydrogens is 290 g/mol. The fourth-order valence-electron chi connectivity index (χ4n) is 2.07. The molecule has 2 aromatic rings. The first kappa shape index (κ1) is 15.4. The summed E-state index contributed by atoms with van der Waals surface area (Å²) in [5.41, 5.74) is 8.92. The molecule has 0 radical (unpaired) electrons. The van der Waals surface area contributed by atoms with Crippen LogP contribution in [0.15, 0.2) is 29.2 Å². The molecule has 1 aromatic carbocycles. The molecule has 0 aliphatic heterocycles. The number of thioether (sulfide) groups is 1. The molecule has 0 aliphatic rings. The molecule has 0 saturated carbocycles. The van der Waals surface area contributed by atoms with E-state index in [9.17, 15) is 0 Å². The molecule has 108 valence electrons. The SMILES string of the molecule is CCc1nn(CC)c(CSc2cccc(CN)c2)c1Cl. The van der Waals surface area contributed by atoms with Crippen molar-refractivity contribution < 1.29 is 0 Å². The molecule has 0 saturated heterocycles. The van der Waals surface area contributed by atoms with Crippen molar-refractivity contribution in [2.75, 3.05) is 0 Å². The molecule has 2 N–H and O–H groups in total. The number of aromatic nitrogens is 2. The summed E-state index contributed by atoms with van der Waals surface area (Å²) in [6, 6.07) is 8.32. The molecule has 0 fully saturated rings. The first-order valence-corrected chi connectivity index (χ1v) is 8.21. The lowest BCUT2D eigenvalue weighted by Gasteiger charge is -2.06.